The summed E-state index contributed by atoms with van der Waals surface area (Å²) in [5.74, 6) is 0.773. The van der Waals surface area contributed by atoms with Crippen molar-refractivity contribution in [3.05, 3.63) is 88.5 Å². The molecule has 180 valence electrons. The second-order valence-corrected chi connectivity index (χ2v) is 12.4. The van der Waals surface area contributed by atoms with Crippen LogP contribution >= 0.6 is 0 Å². The third-order valence-electron chi connectivity index (χ3n) is 6.46. The smallest absolute Gasteiger partial charge is 0.193 e. The summed E-state index contributed by atoms with van der Waals surface area (Å²) >= 11 is 0. The van der Waals surface area contributed by atoms with E-state index in [0.717, 1.165) is 28.0 Å². The SMILES string of the molecule is COc1ccc(C(=O)c2cc(C(C)(C)C)ccc2-c2cc(C(C)(C)C)cc(C(C)(C)C)c2)cc1. The minimum Gasteiger partial charge on any atom is -0.497 e. The summed E-state index contributed by atoms with van der Waals surface area (Å²) in [5, 5.41) is 0. The first-order valence-electron chi connectivity index (χ1n) is 12.1. The lowest BCUT2D eigenvalue weighted by Gasteiger charge is -2.27. The lowest BCUT2D eigenvalue weighted by atomic mass is 9.77. The lowest BCUT2D eigenvalue weighted by molar-refractivity contribution is 0.103. The molecule has 0 radical (unpaired) electrons. The van der Waals surface area contributed by atoms with E-state index in [9.17, 15) is 4.79 Å². The van der Waals surface area contributed by atoms with Crippen LogP contribution in [0.1, 0.15) is 94.9 Å². The van der Waals surface area contributed by atoms with E-state index in [2.05, 4.69) is 98.7 Å². The molecule has 0 saturated heterocycles. The Hall–Kier alpha value is -2.87. The number of hydrogen-bond donors (Lipinski definition) is 0. The van der Waals surface area contributed by atoms with Gasteiger partial charge in [-0.25, -0.2) is 0 Å². The molecule has 0 atom stereocenters. The monoisotopic (exact) mass is 456 g/mol. The summed E-state index contributed by atoms with van der Waals surface area (Å²) in [6, 6.07) is 20.6. The minimum absolute atomic E-state index is 0.00150. The number of carbonyl (C=O) groups excluding carboxylic acids is 1. The summed E-state index contributed by atoms with van der Waals surface area (Å²) in [4.78, 5) is 13.8. The Bertz CT molecular complexity index is 1150. The Kier molecular flexibility index (Phi) is 6.86. The fourth-order valence-corrected chi connectivity index (χ4v) is 4.00. The number of hydrogen-bond acceptors (Lipinski definition) is 2. The van der Waals surface area contributed by atoms with E-state index < -0.39 is 0 Å². The zero-order chi connectivity index (χ0) is 25.5. The number of ether oxygens (including phenoxy) is 1. The highest BCUT2D eigenvalue weighted by Crippen LogP contribution is 2.37. The van der Waals surface area contributed by atoms with E-state index in [4.69, 9.17) is 4.74 Å². The van der Waals surface area contributed by atoms with Gasteiger partial charge in [0.15, 0.2) is 5.78 Å². The predicted octanol–water partition coefficient (Wildman–Crippen LogP) is 8.49. The maximum absolute atomic E-state index is 13.8. The van der Waals surface area contributed by atoms with E-state index in [0.29, 0.717) is 5.56 Å². The molecule has 0 aromatic heterocycles. The first-order valence-corrected chi connectivity index (χ1v) is 12.1. The highest BCUT2D eigenvalue weighted by Gasteiger charge is 2.24. The largest absolute Gasteiger partial charge is 0.497 e. The van der Waals surface area contributed by atoms with Crippen molar-refractivity contribution in [1.82, 2.24) is 0 Å². The third kappa shape index (κ3) is 5.60. The number of methoxy groups -OCH3 is 1. The average Bonchev–Trinajstić information content (AvgIpc) is 2.76. The summed E-state index contributed by atoms with van der Waals surface area (Å²) < 4.78 is 5.29. The van der Waals surface area contributed by atoms with Crippen LogP contribution in [-0.2, 0) is 16.2 Å². The van der Waals surface area contributed by atoms with E-state index in [-0.39, 0.29) is 22.0 Å². The van der Waals surface area contributed by atoms with Crippen LogP contribution in [0.15, 0.2) is 60.7 Å². The molecule has 0 fully saturated rings. The van der Waals surface area contributed by atoms with Crippen LogP contribution in [0.5, 0.6) is 5.75 Å². The maximum atomic E-state index is 13.8. The van der Waals surface area contributed by atoms with Crippen LogP contribution in [0.4, 0.5) is 0 Å². The van der Waals surface area contributed by atoms with Gasteiger partial charge in [-0.05, 0) is 74.4 Å². The van der Waals surface area contributed by atoms with Gasteiger partial charge in [-0.2, -0.15) is 0 Å². The first kappa shape index (κ1) is 25.7. The van der Waals surface area contributed by atoms with Gasteiger partial charge < -0.3 is 4.74 Å². The summed E-state index contributed by atoms with van der Waals surface area (Å²) in [6.07, 6.45) is 0. The van der Waals surface area contributed by atoms with Gasteiger partial charge >= 0.3 is 0 Å². The van der Waals surface area contributed by atoms with Gasteiger partial charge in [0.25, 0.3) is 0 Å². The topological polar surface area (TPSA) is 26.3 Å². The quantitative estimate of drug-likeness (QED) is 0.368. The fourth-order valence-electron chi connectivity index (χ4n) is 4.00. The molecule has 0 aliphatic carbocycles. The molecule has 34 heavy (non-hydrogen) atoms. The molecular weight excluding hydrogens is 416 g/mol. The van der Waals surface area contributed by atoms with E-state index in [1.54, 1.807) is 7.11 Å². The number of benzene rings is 3. The predicted molar refractivity (Wildman–Crippen MR) is 144 cm³/mol. The van der Waals surface area contributed by atoms with Crippen molar-refractivity contribution in [3.63, 3.8) is 0 Å². The van der Waals surface area contributed by atoms with Crippen molar-refractivity contribution in [2.75, 3.05) is 7.11 Å². The van der Waals surface area contributed by atoms with Crippen LogP contribution in [-0.4, -0.2) is 12.9 Å². The van der Waals surface area contributed by atoms with Gasteiger partial charge in [-0.15, -0.1) is 0 Å². The van der Waals surface area contributed by atoms with Crippen LogP contribution in [0.3, 0.4) is 0 Å². The Morgan fingerprint density at radius 1 is 0.618 bits per heavy atom. The van der Waals surface area contributed by atoms with Gasteiger partial charge in [-0.3, -0.25) is 4.79 Å². The van der Waals surface area contributed by atoms with Crippen molar-refractivity contribution in [2.24, 2.45) is 0 Å². The van der Waals surface area contributed by atoms with E-state index >= 15 is 0 Å². The Balaban J connectivity index is 2.28. The molecule has 3 aromatic carbocycles. The third-order valence-corrected chi connectivity index (χ3v) is 6.46. The maximum Gasteiger partial charge on any atom is 0.193 e. The standard InChI is InChI=1S/C32H40O2/c1-30(2,3)23-13-16-27(28(20-23)29(33)21-11-14-26(34-10)15-12-21)22-17-24(31(4,5)6)19-25(18-22)32(7,8)9/h11-20H,1-10H3. The molecule has 0 aliphatic rings. The summed E-state index contributed by atoms with van der Waals surface area (Å²) in [6.45, 7) is 20.0. The number of carbonyl (C=O) groups is 1. The molecule has 3 aromatic rings. The van der Waals surface area contributed by atoms with E-state index in [1.165, 1.54) is 11.1 Å². The Morgan fingerprint density at radius 3 is 1.56 bits per heavy atom. The summed E-state index contributed by atoms with van der Waals surface area (Å²) in [5.41, 5.74) is 7.12. The number of ketones is 1. The molecular formula is C32H40O2. The molecule has 0 amide bonds. The van der Waals surface area contributed by atoms with Crippen molar-refractivity contribution in [3.8, 4) is 16.9 Å². The van der Waals surface area contributed by atoms with Gasteiger partial charge in [0.2, 0.25) is 0 Å². The normalized spacial score (nSPS) is 12.5. The molecule has 0 heterocycles. The zero-order valence-electron chi connectivity index (χ0n) is 22.6. The van der Waals surface area contributed by atoms with Crippen molar-refractivity contribution >= 4 is 5.78 Å². The molecule has 0 unspecified atom stereocenters. The highest BCUT2D eigenvalue weighted by atomic mass is 16.5. The molecule has 0 spiro atoms. The fraction of sp³-hybridized carbons (Fsp3) is 0.406. The second kappa shape index (κ2) is 9.06. The molecule has 3 rings (SSSR count). The first-order chi connectivity index (χ1) is 15.6. The van der Waals surface area contributed by atoms with Crippen molar-refractivity contribution < 1.29 is 9.53 Å². The van der Waals surface area contributed by atoms with Crippen LogP contribution < -0.4 is 4.74 Å². The lowest BCUT2D eigenvalue weighted by Crippen LogP contribution is -2.17. The van der Waals surface area contributed by atoms with Crippen molar-refractivity contribution in [1.29, 1.82) is 0 Å². The number of rotatable bonds is 4. The molecule has 0 N–H and O–H groups in total. The van der Waals surface area contributed by atoms with Gasteiger partial charge in [0.1, 0.15) is 5.75 Å². The van der Waals surface area contributed by atoms with E-state index in [1.807, 2.05) is 24.3 Å². The minimum atomic E-state index is -0.0582. The molecule has 0 saturated carbocycles. The van der Waals surface area contributed by atoms with Gasteiger partial charge in [0.05, 0.1) is 7.11 Å². The Morgan fingerprint density at radius 2 is 1.12 bits per heavy atom. The molecule has 2 heteroatoms. The van der Waals surface area contributed by atoms with Gasteiger partial charge in [0, 0.05) is 11.1 Å². The van der Waals surface area contributed by atoms with Crippen molar-refractivity contribution in [2.45, 2.75) is 78.6 Å². The van der Waals surface area contributed by atoms with Gasteiger partial charge in [-0.1, -0.05) is 92.6 Å². The zero-order valence-corrected chi connectivity index (χ0v) is 22.6. The second-order valence-electron chi connectivity index (χ2n) is 12.4. The average molecular weight is 457 g/mol. The highest BCUT2D eigenvalue weighted by molar-refractivity contribution is 6.13. The summed E-state index contributed by atoms with van der Waals surface area (Å²) in [7, 11) is 1.64. The molecule has 0 bridgehead atoms. The van der Waals surface area contributed by atoms with Crippen LogP contribution in [0.2, 0.25) is 0 Å². The molecule has 0 aliphatic heterocycles. The van der Waals surface area contributed by atoms with Crippen LogP contribution in [0.25, 0.3) is 11.1 Å². The Labute approximate surface area is 206 Å². The molecule has 2 nitrogen and oxygen atoms in total. The van der Waals surface area contributed by atoms with Crippen LogP contribution in [0, 0.1) is 0 Å².